The number of hydrogen-bond donors (Lipinski definition) is 0. The number of fused-ring (bicyclic) bond motifs is 2. The molecule has 1 aliphatic heterocycles. The first kappa shape index (κ1) is 14.2. The number of rotatable bonds is 3. The van der Waals surface area contributed by atoms with Crippen molar-refractivity contribution >= 4 is 22.1 Å². The quantitative estimate of drug-likeness (QED) is 0.528. The normalized spacial score (nSPS) is 12.5. The van der Waals surface area contributed by atoms with E-state index in [-0.39, 0.29) is 6.79 Å². The molecule has 4 aromatic rings. The molecular weight excluding hydrogens is 336 g/mol. The van der Waals surface area contributed by atoms with Crippen molar-refractivity contribution in [2.45, 2.75) is 0 Å². The van der Waals surface area contributed by atoms with Crippen LogP contribution in [-0.4, -0.2) is 17.0 Å². The van der Waals surface area contributed by atoms with Crippen LogP contribution in [0.3, 0.4) is 0 Å². The Kier molecular flexibility index (Phi) is 3.28. The van der Waals surface area contributed by atoms with Gasteiger partial charge in [0.25, 0.3) is 0 Å². The van der Waals surface area contributed by atoms with E-state index in [2.05, 4.69) is 10.2 Å². The summed E-state index contributed by atoms with van der Waals surface area (Å²) in [6.07, 6.45) is 0. The number of nitrogens with zero attached hydrogens (tertiary/aromatic N) is 2. The van der Waals surface area contributed by atoms with Crippen molar-refractivity contribution < 1.29 is 14.2 Å². The van der Waals surface area contributed by atoms with Crippen LogP contribution in [0.2, 0.25) is 0 Å². The van der Waals surface area contributed by atoms with Crippen molar-refractivity contribution in [1.82, 2.24) is 10.2 Å². The zero-order chi connectivity index (χ0) is 16.6. The largest absolute Gasteiger partial charge is 0.454 e. The minimum Gasteiger partial charge on any atom is -0.454 e. The Morgan fingerprint density at radius 3 is 2.64 bits per heavy atom. The number of aromatic nitrogens is 2. The van der Waals surface area contributed by atoms with Gasteiger partial charge in [-0.1, -0.05) is 24.3 Å². The third-order valence-corrected chi connectivity index (χ3v) is 4.84. The summed E-state index contributed by atoms with van der Waals surface area (Å²) in [7, 11) is 0. The van der Waals surface area contributed by atoms with E-state index in [1.165, 1.54) is 0 Å². The van der Waals surface area contributed by atoms with Crippen LogP contribution >= 0.6 is 11.3 Å². The predicted octanol–water partition coefficient (Wildman–Crippen LogP) is 4.88. The molecule has 0 aliphatic carbocycles. The average molecular weight is 348 g/mol. The predicted molar refractivity (Wildman–Crippen MR) is 95.5 cm³/mol. The van der Waals surface area contributed by atoms with Crippen LogP contribution in [0, 0.1) is 0 Å². The fraction of sp³-hybridized carbons (Fsp3) is 0.0526. The maximum Gasteiger partial charge on any atom is 0.246 e. The zero-order valence-corrected chi connectivity index (χ0v) is 13.8. The zero-order valence-electron chi connectivity index (χ0n) is 13.0. The molecule has 1 aliphatic rings. The maximum absolute atomic E-state index is 5.98. The van der Waals surface area contributed by atoms with Crippen molar-refractivity contribution in [2.24, 2.45) is 0 Å². The molecule has 0 saturated carbocycles. The lowest BCUT2D eigenvalue weighted by atomic mass is 10.1. The maximum atomic E-state index is 5.98. The highest BCUT2D eigenvalue weighted by Gasteiger charge is 2.16. The van der Waals surface area contributed by atoms with Gasteiger partial charge in [0, 0.05) is 16.8 Å². The molecule has 2 aromatic heterocycles. The molecule has 0 bridgehead atoms. The van der Waals surface area contributed by atoms with Gasteiger partial charge in [-0.15, -0.1) is 21.5 Å². The van der Waals surface area contributed by atoms with Gasteiger partial charge in [-0.05, 0) is 29.6 Å². The molecule has 2 aromatic carbocycles. The first-order valence-corrected chi connectivity index (χ1v) is 8.63. The molecule has 122 valence electrons. The highest BCUT2D eigenvalue weighted by Crippen LogP contribution is 2.38. The van der Waals surface area contributed by atoms with Crippen molar-refractivity contribution in [3.05, 3.63) is 60.0 Å². The van der Waals surface area contributed by atoms with E-state index < -0.39 is 0 Å². The lowest BCUT2D eigenvalue weighted by Gasteiger charge is -2.10. The van der Waals surface area contributed by atoms with E-state index in [9.17, 15) is 0 Å². The Balaban J connectivity index is 1.59. The molecule has 3 heterocycles. The van der Waals surface area contributed by atoms with Gasteiger partial charge in [0.2, 0.25) is 12.7 Å². The molecule has 0 saturated heterocycles. The molecule has 0 spiro atoms. The molecule has 0 N–H and O–H groups in total. The Labute approximate surface area is 147 Å². The highest BCUT2D eigenvalue weighted by molar-refractivity contribution is 7.13. The van der Waals surface area contributed by atoms with Crippen LogP contribution < -0.4 is 14.2 Å². The van der Waals surface area contributed by atoms with Gasteiger partial charge in [0.1, 0.15) is 11.4 Å². The van der Waals surface area contributed by atoms with Crippen LogP contribution in [0.5, 0.6) is 23.1 Å². The van der Waals surface area contributed by atoms with Crippen LogP contribution in [0.25, 0.3) is 21.3 Å². The molecule has 0 fully saturated rings. The third kappa shape index (κ3) is 2.47. The Hall–Kier alpha value is -3.12. The SMILES string of the molecule is c1csc(-c2nnc(Oc3ccc4c(c3)OCO4)c3ccccc23)c1. The second-order valence-corrected chi connectivity index (χ2v) is 6.44. The third-order valence-electron chi connectivity index (χ3n) is 3.97. The van der Waals surface area contributed by atoms with Crippen LogP contribution in [0.4, 0.5) is 0 Å². The first-order chi connectivity index (χ1) is 12.4. The molecular formula is C19H12N2O3S. The lowest BCUT2D eigenvalue weighted by molar-refractivity contribution is 0.174. The summed E-state index contributed by atoms with van der Waals surface area (Å²) in [5.41, 5.74) is 0.864. The summed E-state index contributed by atoms with van der Waals surface area (Å²) in [6.45, 7) is 0.233. The van der Waals surface area contributed by atoms with Gasteiger partial charge >= 0.3 is 0 Å². The van der Waals surface area contributed by atoms with Crippen molar-refractivity contribution in [2.75, 3.05) is 6.79 Å². The Morgan fingerprint density at radius 1 is 0.880 bits per heavy atom. The van der Waals surface area contributed by atoms with E-state index in [0.29, 0.717) is 17.4 Å². The molecule has 5 nitrogen and oxygen atoms in total. The summed E-state index contributed by atoms with van der Waals surface area (Å²) >= 11 is 1.64. The van der Waals surface area contributed by atoms with E-state index in [1.54, 1.807) is 17.4 Å². The Bertz CT molecular complexity index is 1060. The number of ether oxygens (including phenoxy) is 3. The summed E-state index contributed by atoms with van der Waals surface area (Å²) in [5, 5.41) is 12.7. The van der Waals surface area contributed by atoms with Crippen LogP contribution in [0.1, 0.15) is 0 Å². The van der Waals surface area contributed by atoms with Crippen LogP contribution in [0.15, 0.2) is 60.0 Å². The van der Waals surface area contributed by atoms with Gasteiger partial charge in [0.05, 0.1) is 4.88 Å². The van der Waals surface area contributed by atoms with E-state index >= 15 is 0 Å². The highest BCUT2D eigenvalue weighted by atomic mass is 32.1. The second kappa shape index (κ2) is 5.75. The summed E-state index contributed by atoms with van der Waals surface area (Å²) in [6, 6.07) is 17.5. The van der Waals surface area contributed by atoms with Crippen molar-refractivity contribution in [3.8, 4) is 33.7 Å². The monoisotopic (exact) mass is 348 g/mol. The standard InChI is InChI=1S/C19H12N2O3S/c1-2-5-14-13(4-1)18(17-6-3-9-25-17)20-21-19(14)24-12-7-8-15-16(10-12)23-11-22-15/h1-10H,11H2. The molecule has 6 heteroatoms. The van der Waals surface area contributed by atoms with Gasteiger partial charge in [0.15, 0.2) is 11.5 Å². The number of benzene rings is 2. The van der Waals surface area contributed by atoms with Gasteiger partial charge in [-0.2, -0.15) is 0 Å². The molecule has 0 atom stereocenters. The minimum absolute atomic E-state index is 0.233. The summed E-state index contributed by atoms with van der Waals surface area (Å²) < 4.78 is 16.7. The minimum atomic E-state index is 0.233. The molecule has 0 radical (unpaired) electrons. The fourth-order valence-corrected chi connectivity index (χ4v) is 3.53. The van der Waals surface area contributed by atoms with E-state index in [4.69, 9.17) is 14.2 Å². The van der Waals surface area contributed by atoms with Crippen molar-refractivity contribution in [1.29, 1.82) is 0 Å². The first-order valence-electron chi connectivity index (χ1n) is 7.75. The molecule has 0 amide bonds. The van der Waals surface area contributed by atoms with E-state index in [0.717, 1.165) is 27.1 Å². The Morgan fingerprint density at radius 2 is 1.76 bits per heavy atom. The summed E-state index contributed by atoms with van der Waals surface area (Å²) in [4.78, 5) is 1.08. The smallest absolute Gasteiger partial charge is 0.246 e. The second-order valence-electron chi connectivity index (χ2n) is 5.49. The average Bonchev–Trinajstić information content (AvgIpc) is 3.33. The fourth-order valence-electron chi connectivity index (χ4n) is 2.80. The molecule has 5 rings (SSSR count). The summed E-state index contributed by atoms with van der Waals surface area (Å²) in [5.74, 6) is 2.49. The number of hydrogen-bond acceptors (Lipinski definition) is 6. The van der Waals surface area contributed by atoms with Gasteiger partial charge < -0.3 is 14.2 Å². The molecule has 0 unspecified atom stereocenters. The topological polar surface area (TPSA) is 53.5 Å². The van der Waals surface area contributed by atoms with Crippen LogP contribution in [-0.2, 0) is 0 Å². The van der Waals surface area contributed by atoms with Crippen molar-refractivity contribution in [3.63, 3.8) is 0 Å². The van der Waals surface area contributed by atoms with Gasteiger partial charge in [-0.25, -0.2) is 0 Å². The van der Waals surface area contributed by atoms with Gasteiger partial charge in [-0.3, -0.25) is 0 Å². The molecule has 25 heavy (non-hydrogen) atoms. The lowest BCUT2D eigenvalue weighted by Crippen LogP contribution is -1.95. The van der Waals surface area contributed by atoms with E-state index in [1.807, 2.05) is 53.9 Å². The number of thiophene rings is 1.